The summed E-state index contributed by atoms with van der Waals surface area (Å²) in [4.78, 5) is 38.3. The van der Waals surface area contributed by atoms with Crippen LogP contribution >= 0.6 is 0 Å². The lowest BCUT2D eigenvalue weighted by molar-refractivity contribution is -0.167. The number of rotatable bonds is 57. The van der Waals surface area contributed by atoms with Crippen LogP contribution in [0.3, 0.4) is 0 Å². The van der Waals surface area contributed by atoms with Gasteiger partial charge in [0.2, 0.25) is 0 Å². The molecule has 0 rings (SSSR count). The molecule has 0 N–H and O–H groups in total. The number of carbonyl (C=O) groups is 3. The molecular formula is C70H118O6. The molecule has 0 aliphatic carbocycles. The summed E-state index contributed by atoms with van der Waals surface area (Å²) in [6.07, 6.45) is 86.6. The van der Waals surface area contributed by atoms with Gasteiger partial charge in [-0.2, -0.15) is 0 Å². The third-order valence-corrected chi connectivity index (χ3v) is 13.5. The van der Waals surface area contributed by atoms with Crippen LogP contribution in [0.5, 0.6) is 0 Å². The molecule has 0 aliphatic heterocycles. The smallest absolute Gasteiger partial charge is 0.306 e. The van der Waals surface area contributed by atoms with Crippen molar-refractivity contribution in [3.63, 3.8) is 0 Å². The molecule has 0 aliphatic rings. The fraction of sp³-hybridized carbons (Fsp3) is 0.700. The Balaban J connectivity index is 4.39. The van der Waals surface area contributed by atoms with Crippen molar-refractivity contribution >= 4 is 17.9 Å². The number of hydrogen-bond donors (Lipinski definition) is 0. The van der Waals surface area contributed by atoms with Gasteiger partial charge in [0.1, 0.15) is 13.2 Å². The lowest BCUT2D eigenvalue weighted by Crippen LogP contribution is -2.30. The summed E-state index contributed by atoms with van der Waals surface area (Å²) in [6.45, 7) is 6.50. The van der Waals surface area contributed by atoms with Crippen LogP contribution in [0.2, 0.25) is 0 Å². The normalized spacial score (nSPS) is 12.8. The molecule has 1 unspecified atom stereocenters. The molecule has 0 fully saturated rings. The Kier molecular flexibility index (Phi) is 60.3. The second-order valence-corrected chi connectivity index (χ2v) is 20.9. The second kappa shape index (κ2) is 63.6. The summed E-state index contributed by atoms with van der Waals surface area (Å²) < 4.78 is 16.9. The molecule has 0 heterocycles. The third kappa shape index (κ3) is 60.9. The molecule has 0 saturated carbocycles. The zero-order valence-corrected chi connectivity index (χ0v) is 49.7. The van der Waals surface area contributed by atoms with Gasteiger partial charge in [-0.25, -0.2) is 0 Å². The van der Waals surface area contributed by atoms with E-state index in [1.165, 1.54) is 128 Å². The fourth-order valence-electron chi connectivity index (χ4n) is 8.71. The summed E-state index contributed by atoms with van der Waals surface area (Å²) in [5, 5.41) is 0. The van der Waals surface area contributed by atoms with E-state index in [-0.39, 0.29) is 31.1 Å². The van der Waals surface area contributed by atoms with Crippen LogP contribution in [-0.2, 0) is 28.6 Å². The zero-order chi connectivity index (χ0) is 55.0. The van der Waals surface area contributed by atoms with Gasteiger partial charge in [-0.3, -0.25) is 14.4 Å². The number of ether oxygens (including phenoxy) is 3. The molecule has 1 atom stereocenters. The standard InChI is InChI=1S/C70H118O6/c1-4-7-10-13-16-19-22-25-28-30-31-32-33-34-35-36-37-38-39-41-42-45-48-51-54-57-60-63-69(72)75-66-67(65-74-68(71)62-59-56-53-50-47-44-27-24-21-18-15-12-9-6-3)76-70(73)64-61-58-55-52-49-46-43-40-29-26-23-20-17-14-11-8-5-2/h7,10,16,19,24-29,31-32,34-35,37-38,41-42,67H,4-6,8-9,11-15,17-18,20-23,30,33,36,39-40,43-66H2,1-3H3/b10-7-,19-16-,27-24-,28-25-,29-26-,32-31-,35-34-,38-37-,42-41-. The van der Waals surface area contributed by atoms with E-state index >= 15 is 0 Å². The third-order valence-electron chi connectivity index (χ3n) is 13.5. The maximum atomic E-state index is 12.9. The van der Waals surface area contributed by atoms with E-state index in [2.05, 4.69) is 130 Å². The highest BCUT2D eigenvalue weighted by Gasteiger charge is 2.19. The van der Waals surface area contributed by atoms with Crippen molar-refractivity contribution in [1.82, 2.24) is 0 Å². The van der Waals surface area contributed by atoms with Gasteiger partial charge >= 0.3 is 17.9 Å². The first-order chi connectivity index (χ1) is 37.5. The van der Waals surface area contributed by atoms with Crippen LogP contribution in [0.15, 0.2) is 109 Å². The van der Waals surface area contributed by atoms with E-state index in [9.17, 15) is 14.4 Å². The highest BCUT2D eigenvalue weighted by atomic mass is 16.6. The predicted octanol–water partition coefficient (Wildman–Crippen LogP) is 21.8. The van der Waals surface area contributed by atoms with Crippen LogP contribution in [0.1, 0.15) is 297 Å². The van der Waals surface area contributed by atoms with Crippen LogP contribution in [0, 0.1) is 0 Å². The Labute approximate surface area is 470 Å². The lowest BCUT2D eigenvalue weighted by Gasteiger charge is -2.18. The highest BCUT2D eigenvalue weighted by Crippen LogP contribution is 2.15. The van der Waals surface area contributed by atoms with Crippen molar-refractivity contribution in [2.75, 3.05) is 13.2 Å². The summed E-state index contributed by atoms with van der Waals surface area (Å²) in [5.41, 5.74) is 0. The number of carbonyl (C=O) groups excluding carboxylic acids is 3. The van der Waals surface area contributed by atoms with Crippen LogP contribution in [-0.4, -0.2) is 37.2 Å². The first-order valence-corrected chi connectivity index (χ1v) is 31.9. The lowest BCUT2D eigenvalue weighted by atomic mass is 10.1. The minimum atomic E-state index is -0.794. The van der Waals surface area contributed by atoms with E-state index in [0.717, 1.165) is 128 Å². The quantitative estimate of drug-likeness (QED) is 0.0261. The van der Waals surface area contributed by atoms with E-state index in [1.54, 1.807) is 0 Å². The number of esters is 3. The predicted molar refractivity (Wildman–Crippen MR) is 330 cm³/mol. The molecule has 0 radical (unpaired) electrons. The van der Waals surface area contributed by atoms with Gasteiger partial charge in [0.15, 0.2) is 6.10 Å². The molecular weight excluding hydrogens is 937 g/mol. The van der Waals surface area contributed by atoms with Crippen molar-refractivity contribution in [3.8, 4) is 0 Å². The molecule has 76 heavy (non-hydrogen) atoms. The molecule has 0 saturated heterocycles. The zero-order valence-electron chi connectivity index (χ0n) is 49.7. The van der Waals surface area contributed by atoms with Gasteiger partial charge in [-0.15, -0.1) is 0 Å². The van der Waals surface area contributed by atoms with Crippen molar-refractivity contribution in [1.29, 1.82) is 0 Å². The molecule has 6 nitrogen and oxygen atoms in total. The average Bonchev–Trinajstić information content (AvgIpc) is 3.42. The molecule has 0 aromatic carbocycles. The first kappa shape index (κ1) is 72.1. The van der Waals surface area contributed by atoms with E-state index < -0.39 is 6.10 Å². The van der Waals surface area contributed by atoms with Gasteiger partial charge in [-0.05, 0) is 128 Å². The summed E-state index contributed by atoms with van der Waals surface area (Å²) >= 11 is 0. The molecule has 0 aromatic heterocycles. The summed E-state index contributed by atoms with van der Waals surface area (Å²) in [5.74, 6) is -0.916. The number of unbranched alkanes of at least 4 members (excludes halogenated alkanes) is 28. The Morgan fingerprint density at radius 3 is 0.816 bits per heavy atom. The Morgan fingerprint density at radius 2 is 0.513 bits per heavy atom. The minimum Gasteiger partial charge on any atom is -0.462 e. The molecule has 0 amide bonds. The van der Waals surface area contributed by atoms with Crippen molar-refractivity contribution in [2.24, 2.45) is 0 Å². The summed E-state index contributed by atoms with van der Waals surface area (Å²) in [6, 6.07) is 0. The Hall–Kier alpha value is -3.93. The molecule has 0 aromatic rings. The second-order valence-electron chi connectivity index (χ2n) is 20.9. The van der Waals surface area contributed by atoms with Gasteiger partial charge in [0.25, 0.3) is 0 Å². The molecule has 434 valence electrons. The molecule has 6 heteroatoms. The largest absolute Gasteiger partial charge is 0.462 e. The first-order valence-electron chi connectivity index (χ1n) is 31.9. The van der Waals surface area contributed by atoms with E-state index in [0.29, 0.717) is 19.3 Å². The monoisotopic (exact) mass is 1050 g/mol. The van der Waals surface area contributed by atoms with Gasteiger partial charge in [0.05, 0.1) is 0 Å². The number of hydrogen-bond acceptors (Lipinski definition) is 6. The maximum absolute atomic E-state index is 12.9. The Morgan fingerprint density at radius 1 is 0.276 bits per heavy atom. The van der Waals surface area contributed by atoms with Crippen molar-refractivity contribution < 1.29 is 28.6 Å². The van der Waals surface area contributed by atoms with Crippen LogP contribution in [0.25, 0.3) is 0 Å². The van der Waals surface area contributed by atoms with Gasteiger partial charge < -0.3 is 14.2 Å². The SMILES string of the molecule is CC/C=C\C/C=C\C/C=C\C/C=C\C/C=C\C/C=C\C/C=C\CCCCCCCC(=O)OCC(COC(=O)CCCCCCC/C=C\CCCCCCC)OC(=O)CCCCCCCCC/C=C\CCCCCCCC. The van der Waals surface area contributed by atoms with Crippen molar-refractivity contribution in [3.05, 3.63) is 109 Å². The Bertz CT molecular complexity index is 1540. The maximum Gasteiger partial charge on any atom is 0.306 e. The van der Waals surface area contributed by atoms with Gasteiger partial charge in [0, 0.05) is 19.3 Å². The van der Waals surface area contributed by atoms with Crippen LogP contribution < -0.4 is 0 Å². The van der Waals surface area contributed by atoms with E-state index in [4.69, 9.17) is 14.2 Å². The minimum absolute atomic E-state index is 0.0904. The molecule has 0 bridgehead atoms. The highest BCUT2D eigenvalue weighted by molar-refractivity contribution is 5.71. The fourth-order valence-corrected chi connectivity index (χ4v) is 8.71. The van der Waals surface area contributed by atoms with Crippen molar-refractivity contribution in [2.45, 2.75) is 303 Å². The summed E-state index contributed by atoms with van der Waals surface area (Å²) in [7, 11) is 0. The van der Waals surface area contributed by atoms with E-state index in [1.807, 2.05) is 0 Å². The topological polar surface area (TPSA) is 78.9 Å². The number of allylic oxidation sites excluding steroid dienone is 18. The van der Waals surface area contributed by atoms with Gasteiger partial charge in [-0.1, -0.05) is 259 Å². The van der Waals surface area contributed by atoms with Crippen LogP contribution in [0.4, 0.5) is 0 Å². The molecule has 0 spiro atoms. The average molecular weight is 1060 g/mol.